The average Bonchev–Trinajstić information content (AvgIpc) is 3.12. The summed E-state index contributed by atoms with van der Waals surface area (Å²) >= 11 is 4.67. The Morgan fingerprint density at radius 1 is 1.32 bits per heavy atom. The molecule has 0 spiro atoms. The number of thioether (sulfide) groups is 2. The summed E-state index contributed by atoms with van der Waals surface area (Å²) in [5.74, 6) is 0.351. The molecule has 3 rings (SSSR count). The SMILES string of the molecule is CC(C)Sc1nnc(SCC(=O)NCC2CN(Cc3ccccc3)CCO2)s1. The van der Waals surface area contributed by atoms with Crippen LogP contribution in [0.3, 0.4) is 0 Å². The fourth-order valence-corrected chi connectivity index (χ4v) is 5.87. The molecular formula is C19H26N4O2S3. The predicted molar refractivity (Wildman–Crippen MR) is 116 cm³/mol. The summed E-state index contributed by atoms with van der Waals surface area (Å²) in [5, 5.41) is 11.8. The van der Waals surface area contributed by atoms with Crippen LogP contribution in [0.1, 0.15) is 19.4 Å². The molecule has 1 atom stereocenters. The molecule has 0 radical (unpaired) electrons. The van der Waals surface area contributed by atoms with E-state index < -0.39 is 0 Å². The van der Waals surface area contributed by atoms with Gasteiger partial charge in [0.1, 0.15) is 0 Å². The van der Waals surface area contributed by atoms with Crippen molar-refractivity contribution >= 4 is 40.8 Å². The largest absolute Gasteiger partial charge is 0.374 e. The highest BCUT2D eigenvalue weighted by Gasteiger charge is 2.21. The molecule has 0 bridgehead atoms. The summed E-state index contributed by atoms with van der Waals surface area (Å²) in [7, 11) is 0. The molecule has 9 heteroatoms. The van der Waals surface area contributed by atoms with E-state index in [4.69, 9.17) is 4.74 Å². The summed E-state index contributed by atoms with van der Waals surface area (Å²) in [6, 6.07) is 10.4. The highest BCUT2D eigenvalue weighted by Crippen LogP contribution is 2.30. The molecule has 28 heavy (non-hydrogen) atoms. The second kappa shape index (κ2) is 11.2. The Balaban J connectivity index is 1.36. The maximum absolute atomic E-state index is 12.2. The van der Waals surface area contributed by atoms with Gasteiger partial charge in [0.15, 0.2) is 8.68 Å². The molecule has 1 amide bonds. The molecule has 1 saturated heterocycles. The molecular weight excluding hydrogens is 412 g/mol. The van der Waals surface area contributed by atoms with E-state index in [1.54, 1.807) is 23.1 Å². The van der Waals surface area contributed by atoms with E-state index >= 15 is 0 Å². The van der Waals surface area contributed by atoms with Gasteiger partial charge in [0.2, 0.25) is 5.91 Å². The topological polar surface area (TPSA) is 67.4 Å². The molecule has 1 aliphatic heterocycles. The molecule has 2 heterocycles. The minimum atomic E-state index is 0.00189. The van der Waals surface area contributed by atoms with Crippen molar-refractivity contribution in [1.29, 1.82) is 0 Å². The van der Waals surface area contributed by atoms with Crippen molar-refractivity contribution in [2.45, 2.75) is 40.4 Å². The van der Waals surface area contributed by atoms with Crippen LogP contribution in [0.2, 0.25) is 0 Å². The van der Waals surface area contributed by atoms with Gasteiger partial charge in [-0.1, -0.05) is 79.0 Å². The van der Waals surface area contributed by atoms with E-state index in [2.05, 4.69) is 58.5 Å². The van der Waals surface area contributed by atoms with Gasteiger partial charge in [-0.05, 0) is 5.56 Å². The Hall–Kier alpha value is -1.13. The first-order valence-corrected chi connectivity index (χ1v) is 12.0. The van der Waals surface area contributed by atoms with Gasteiger partial charge in [0, 0.05) is 31.4 Å². The number of ether oxygens (including phenoxy) is 1. The third-order valence-corrected chi connectivity index (χ3v) is 7.19. The van der Waals surface area contributed by atoms with E-state index in [1.165, 1.54) is 17.3 Å². The number of aromatic nitrogens is 2. The molecule has 1 aromatic carbocycles. The minimum absolute atomic E-state index is 0.00189. The Labute approximate surface area is 178 Å². The third-order valence-electron chi connectivity index (χ3n) is 4.05. The fraction of sp³-hybridized carbons (Fsp3) is 0.526. The van der Waals surface area contributed by atoms with Gasteiger partial charge in [-0.3, -0.25) is 9.69 Å². The standard InChI is InChI=1S/C19H26N4O2S3/c1-14(2)27-19-22-21-18(28-19)26-13-17(24)20-10-16-12-23(8-9-25-16)11-15-6-4-3-5-7-15/h3-7,14,16H,8-13H2,1-2H3,(H,20,24). The van der Waals surface area contributed by atoms with E-state index in [1.807, 2.05) is 6.07 Å². The molecule has 152 valence electrons. The maximum Gasteiger partial charge on any atom is 0.230 e. The first-order chi connectivity index (χ1) is 13.6. The Morgan fingerprint density at radius 3 is 2.89 bits per heavy atom. The van der Waals surface area contributed by atoms with Crippen molar-refractivity contribution in [3.63, 3.8) is 0 Å². The zero-order valence-electron chi connectivity index (χ0n) is 16.2. The number of amides is 1. The molecule has 1 aliphatic rings. The van der Waals surface area contributed by atoms with E-state index in [-0.39, 0.29) is 12.0 Å². The van der Waals surface area contributed by atoms with Crippen LogP contribution in [0.15, 0.2) is 39.0 Å². The summed E-state index contributed by atoms with van der Waals surface area (Å²) in [5.41, 5.74) is 1.30. The molecule has 2 aromatic rings. The Morgan fingerprint density at radius 2 is 2.11 bits per heavy atom. The van der Waals surface area contributed by atoms with Crippen molar-refractivity contribution in [3.8, 4) is 0 Å². The highest BCUT2D eigenvalue weighted by molar-refractivity contribution is 8.03. The number of carbonyl (C=O) groups excluding carboxylic acids is 1. The van der Waals surface area contributed by atoms with Gasteiger partial charge in [0.25, 0.3) is 0 Å². The number of nitrogens with one attached hydrogen (secondary N) is 1. The fourth-order valence-electron chi connectivity index (χ4n) is 2.80. The normalized spacial score (nSPS) is 17.8. The monoisotopic (exact) mass is 438 g/mol. The van der Waals surface area contributed by atoms with Gasteiger partial charge < -0.3 is 10.1 Å². The van der Waals surface area contributed by atoms with Gasteiger partial charge in [0.05, 0.1) is 18.5 Å². The van der Waals surface area contributed by atoms with Gasteiger partial charge >= 0.3 is 0 Å². The quantitative estimate of drug-likeness (QED) is 0.603. The van der Waals surface area contributed by atoms with Gasteiger partial charge in [-0.2, -0.15) is 0 Å². The van der Waals surface area contributed by atoms with Crippen LogP contribution in [0, 0.1) is 0 Å². The first-order valence-electron chi connectivity index (χ1n) is 9.36. The van der Waals surface area contributed by atoms with Crippen molar-refractivity contribution in [1.82, 2.24) is 20.4 Å². The first kappa shape index (κ1) is 21.6. The minimum Gasteiger partial charge on any atom is -0.374 e. The maximum atomic E-state index is 12.2. The molecule has 1 fully saturated rings. The Bertz CT molecular complexity index is 742. The zero-order valence-corrected chi connectivity index (χ0v) is 18.6. The molecule has 1 unspecified atom stereocenters. The van der Waals surface area contributed by atoms with Gasteiger partial charge in [-0.25, -0.2) is 0 Å². The van der Waals surface area contributed by atoms with E-state index in [9.17, 15) is 4.79 Å². The number of morpholine rings is 1. The smallest absolute Gasteiger partial charge is 0.230 e. The van der Waals surface area contributed by atoms with Crippen LogP contribution >= 0.6 is 34.9 Å². The second-order valence-corrected chi connectivity index (χ2v) is 10.8. The molecule has 0 aliphatic carbocycles. The van der Waals surface area contributed by atoms with Crippen LogP contribution in [0.25, 0.3) is 0 Å². The lowest BCUT2D eigenvalue weighted by Crippen LogP contribution is -2.47. The second-order valence-electron chi connectivity index (χ2n) is 6.81. The predicted octanol–water partition coefficient (Wildman–Crippen LogP) is 3.15. The van der Waals surface area contributed by atoms with Crippen LogP contribution in [-0.4, -0.2) is 64.4 Å². The van der Waals surface area contributed by atoms with Crippen LogP contribution in [0.5, 0.6) is 0 Å². The summed E-state index contributed by atoms with van der Waals surface area (Å²) in [6.45, 7) is 8.15. The van der Waals surface area contributed by atoms with Crippen molar-refractivity contribution < 1.29 is 9.53 Å². The number of benzene rings is 1. The van der Waals surface area contributed by atoms with Gasteiger partial charge in [-0.15, -0.1) is 10.2 Å². The number of hydrogen-bond acceptors (Lipinski definition) is 8. The molecule has 0 saturated carbocycles. The van der Waals surface area contributed by atoms with Crippen LogP contribution < -0.4 is 5.32 Å². The average molecular weight is 439 g/mol. The van der Waals surface area contributed by atoms with E-state index in [0.29, 0.717) is 24.2 Å². The molecule has 1 N–H and O–H groups in total. The summed E-state index contributed by atoms with van der Waals surface area (Å²) in [6.07, 6.45) is 0.0296. The van der Waals surface area contributed by atoms with Crippen LogP contribution in [-0.2, 0) is 16.1 Å². The van der Waals surface area contributed by atoms with E-state index in [0.717, 1.165) is 28.3 Å². The zero-order chi connectivity index (χ0) is 19.8. The number of rotatable bonds is 9. The summed E-state index contributed by atoms with van der Waals surface area (Å²) < 4.78 is 7.60. The van der Waals surface area contributed by atoms with Crippen molar-refractivity contribution in [2.24, 2.45) is 0 Å². The number of carbonyl (C=O) groups is 1. The van der Waals surface area contributed by atoms with Crippen molar-refractivity contribution in [3.05, 3.63) is 35.9 Å². The molecule has 1 aromatic heterocycles. The lowest BCUT2D eigenvalue weighted by atomic mass is 10.2. The van der Waals surface area contributed by atoms with Crippen LogP contribution in [0.4, 0.5) is 0 Å². The number of hydrogen-bond donors (Lipinski definition) is 1. The number of nitrogens with zero attached hydrogens (tertiary/aromatic N) is 3. The lowest BCUT2D eigenvalue weighted by Gasteiger charge is -2.33. The third kappa shape index (κ3) is 7.36. The molecule has 6 nitrogen and oxygen atoms in total. The highest BCUT2D eigenvalue weighted by atomic mass is 32.2. The Kier molecular flexibility index (Phi) is 8.60. The van der Waals surface area contributed by atoms with Crippen molar-refractivity contribution in [2.75, 3.05) is 32.0 Å². The lowest BCUT2D eigenvalue weighted by molar-refractivity contribution is -0.119. The summed E-state index contributed by atoms with van der Waals surface area (Å²) in [4.78, 5) is 14.5.